The largest absolute Gasteiger partial charge is 0.416 e. The van der Waals surface area contributed by atoms with Gasteiger partial charge in [-0.3, -0.25) is 59.2 Å². The van der Waals surface area contributed by atoms with Gasteiger partial charge in [0.05, 0.1) is 69.3 Å². The van der Waals surface area contributed by atoms with E-state index in [-0.39, 0.29) is 94.9 Å². The van der Waals surface area contributed by atoms with Crippen LogP contribution in [0.5, 0.6) is 0 Å². The molecule has 0 unspecified atom stereocenters. The number of aromatic nitrogens is 10. The molecule has 27 nitrogen and oxygen atoms in total. The van der Waals surface area contributed by atoms with E-state index < -0.39 is 78.9 Å². The molecule has 9 aliphatic heterocycles. The summed E-state index contributed by atoms with van der Waals surface area (Å²) in [5, 5.41) is 35.7. The van der Waals surface area contributed by atoms with E-state index in [2.05, 4.69) is 81.6 Å². The van der Waals surface area contributed by atoms with E-state index in [0.717, 1.165) is 121 Å². The van der Waals surface area contributed by atoms with E-state index in [1.54, 1.807) is 98.7 Å². The second kappa shape index (κ2) is 43.8. The number of carbonyl (C=O) groups excluding carboxylic acids is 6. The summed E-state index contributed by atoms with van der Waals surface area (Å²) in [7, 11) is -1.56. The van der Waals surface area contributed by atoms with Crippen LogP contribution in [-0.4, -0.2) is 228 Å². The SMILES string of the molecule is CC(C)(C)C(=O)N1Cc2[nH]nc(C(=O)N3CCC(c4ccccc4C(F)(F)F)CC3)c2C1.CC(C)(C)N1Cc2[nH]nc(C(=O)N3CCC(c4ccccc4C(F)(F)F)CC3)c2C1.CC(C)(C)S(=O)(=O)N1Cc2[nH]nc(C(=O)N3CCC(c4ccccc4C(F)(F)F)CC3)c2C1.CN1CCc2[nH]nc(C(=O)N3CCC(c4ccccc4C(F)(F)F)CC3)c2C1.O=C(c1n[nH]c2c1CCCC2)N1CCC(c2ccccc2C(F)(F)F)CC1. The summed E-state index contributed by atoms with van der Waals surface area (Å²) in [4.78, 5) is 92.3. The standard InChI is InChI=1S/C23H27F3N4O2.C22H27F3N4O3S.C22H27F3N4O.C20H23F3N4O.C20H22F3N3O/c1-22(2,3)21(32)30-12-16-18(13-30)27-28-19(16)20(31)29-10-8-14(9-11-29)15-6-4-5-7-17(15)23(24,25)26;1-21(2,3)33(31,32)29-12-16-18(13-29)26-27-19(16)20(30)28-10-8-14(9-11-28)15-6-4-5-7-17(15)22(23,24)25;1-21(2,3)29-12-16-18(13-29)26-27-19(16)20(30)28-10-8-14(9-11-28)15-6-4-5-7-17(15)22(23,24)25;1-26-9-8-17-15(12-26)18(25-24-17)19(28)27-10-6-13(7-11-27)14-4-2-3-5-16(14)20(21,22)23;21-20(22,23)16-7-3-1-5-14(16)13-9-11-26(12-10-13)19(27)18-15-6-2-4-8-17(15)24-25-18/h4-7,14H,8-13H2,1-3H3,(H,27,28);4-7,14H,8-13H2,1-3H3,(H,26,27);4-7,14H,8-13H2,1-3H3,(H,26,27);2-5,13H,6-12H2,1H3,(H,24,25);1,3,5,7,13H,2,4,6,8-12H2,(H,24,25). The number of hydrogen-bond acceptors (Lipinski definition) is 15. The number of likely N-dealkylation sites (N-methyl/N-ethyl adjacent to an activating group) is 1. The van der Waals surface area contributed by atoms with Crippen LogP contribution in [0.4, 0.5) is 65.9 Å². The third-order valence-electron chi connectivity index (χ3n) is 30.5. The van der Waals surface area contributed by atoms with Crippen LogP contribution in [0.1, 0.15) is 333 Å². The molecule has 0 atom stereocenters. The van der Waals surface area contributed by atoms with Crippen molar-refractivity contribution in [2.45, 2.75) is 275 Å². The fourth-order valence-electron chi connectivity index (χ4n) is 22.1. The molecule has 5 aromatic heterocycles. The lowest BCUT2D eigenvalue weighted by Gasteiger charge is -2.33. The van der Waals surface area contributed by atoms with E-state index in [9.17, 15) is 103 Å². The number of benzene rings is 5. The molecule has 6 amide bonds. The van der Waals surface area contributed by atoms with Gasteiger partial charge in [-0.2, -0.15) is 95.7 Å². The summed E-state index contributed by atoms with van der Waals surface area (Å²) in [6.07, 6.45) is -12.2. The average molecular weight is 2120 g/mol. The molecule has 5 saturated heterocycles. The molecule has 43 heteroatoms. The normalized spacial score (nSPS) is 18.4. The lowest BCUT2D eigenvalue weighted by molar-refractivity contribution is -0.140. The van der Waals surface area contributed by atoms with Crippen LogP contribution in [0.2, 0.25) is 0 Å². The van der Waals surface area contributed by atoms with Gasteiger partial charge in [-0.15, -0.1) is 0 Å². The Hall–Kier alpha value is -12.3. The first-order chi connectivity index (χ1) is 70.6. The first-order valence-electron chi connectivity index (χ1n) is 50.9. The number of fused-ring (bicyclic) bond motifs is 5. The van der Waals surface area contributed by atoms with Gasteiger partial charge in [-0.05, 0) is 226 Å². The summed E-state index contributed by atoms with van der Waals surface area (Å²) < 4.78 is 226. The van der Waals surface area contributed by atoms with Crippen molar-refractivity contribution < 1.29 is 103 Å². The molecule has 150 heavy (non-hydrogen) atoms. The zero-order valence-electron chi connectivity index (χ0n) is 85.4. The summed E-state index contributed by atoms with van der Waals surface area (Å²) in [5.41, 5.74) is 8.63. The van der Waals surface area contributed by atoms with Gasteiger partial charge in [0, 0.05) is 155 Å². The molecule has 0 radical (unpaired) electrons. The van der Waals surface area contributed by atoms with Gasteiger partial charge >= 0.3 is 30.9 Å². The maximum Gasteiger partial charge on any atom is 0.416 e. The molecule has 5 fully saturated rings. The van der Waals surface area contributed by atoms with Crippen molar-refractivity contribution in [3.8, 4) is 0 Å². The van der Waals surface area contributed by atoms with Crippen molar-refractivity contribution >= 4 is 45.5 Å². The Balaban J connectivity index is 0.000000134. The first-order valence-corrected chi connectivity index (χ1v) is 52.4. The summed E-state index contributed by atoms with van der Waals surface area (Å²) in [6, 6.07) is 28.6. The molecule has 10 aliphatic rings. The molecule has 1 aliphatic carbocycles. The number of aryl methyl sites for hydroxylation is 1. The molecule has 5 N–H and O–H groups in total. The number of piperidine rings is 5. The van der Waals surface area contributed by atoms with Gasteiger partial charge in [0.25, 0.3) is 29.5 Å². The van der Waals surface area contributed by atoms with E-state index in [4.69, 9.17) is 0 Å². The molecule has 14 heterocycles. The third-order valence-corrected chi connectivity index (χ3v) is 33.0. The number of sulfonamides is 1. The van der Waals surface area contributed by atoms with Crippen LogP contribution in [0, 0.1) is 5.41 Å². The number of aromatic amines is 5. The third kappa shape index (κ3) is 24.3. The summed E-state index contributed by atoms with van der Waals surface area (Å²) in [6.45, 7) is 24.8. The molecular weight excluding hydrogens is 2000 g/mol. The number of carbonyl (C=O) groups is 6. The van der Waals surface area contributed by atoms with Crippen molar-refractivity contribution in [3.05, 3.63) is 262 Å². The number of halogens is 15. The second-order valence-electron chi connectivity index (χ2n) is 43.4. The Morgan fingerprint density at radius 1 is 0.293 bits per heavy atom. The number of likely N-dealkylation sites (tertiary alicyclic amines) is 5. The Morgan fingerprint density at radius 2 is 0.553 bits per heavy atom. The quantitative estimate of drug-likeness (QED) is 0.0752. The fourth-order valence-corrected chi connectivity index (χ4v) is 23.5. The van der Waals surface area contributed by atoms with Crippen LogP contribution in [0.3, 0.4) is 0 Å². The minimum atomic E-state index is -4.42. The van der Waals surface area contributed by atoms with Gasteiger partial charge in [-0.1, -0.05) is 112 Å². The molecule has 5 aromatic carbocycles. The number of rotatable bonds is 11. The highest BCUT2D eigenvalue weighted by Crippen LogP contribution is 2.48. The molecule has 20 rings (SSSR count). The monoisotopic (exact) mass is 2120 g/mol. The second-order valence-corrected chi connectivity index (χ2v) is 46.1. The first kappa shape index (κ1) is 110. The number of amides is 6. The minimum Gasteiger partial charge on any atom is -0.337 e. The Labute approximate surface area is 860 Å². The molecule has 808 valence electrons. The van der Waals surface area contributed by atoms with E-state index >= 15 is 0 Å². The topological polar surface area (TPSA) is 309 Å². The predicted octanol–water partition coefficient (Wildman–Crippen LogP) is 20.6. The highest BCUT2D eigenvalue weighted by Gasteiger charge is 2.48. The van der Waals surface area contributed by atoms with Crippen LogP contribution >= 0.6 is 0 Å². The zero-order valence-corrected chi connectivity index (χ0v) is 86.2. The van der Waals surface area contributed by atoms with Crippen molar-refractivity contribution in [1.29, 1.82) is 0 Å². The van der Waals surface area contributed by atoms with Crippen LogP contribution in [0.25, 0.3) is 0 Å². The lowest BCUT2D eigenvalue weighted by atomic mass is 9.86. The summed E-state index contributed by atoms with van der Waals surface area (Å²) in [5.74, 6) is -2.04. The van der Waals surface area contributed by atoms with Crippen molar-refractivity contribution in [2.24, 2.45) is 5.41 Å². The van der Waals surface area contributed by atoms with Crippen molar-refractivity contribution in [3.63, 3.8) is 0 Å². The van der Waals surface area contributed by atoms with Crippen LogP contribution < -0.4 is 0 Å². The molecule has 0 bridgehead atoms. The van der Waals surface area contributed by atoms with E-state index in [1.165, 1.54) is 46.8 Å². The fraction of sp³-hybridized carbons (Fsp3) is 0.523. The van der Waals surface area contributed by atoms with Crippen molar-refractivity contribution in [1.82, 2.24) is 94.5 Å². The van der Waals surface area contributed by atoms with Gasteiger partial charge < -0.3 is 34.3 Å². The maximum absolute atomic E-state index is 13.4. The lowest BCUT2D eigenvalue weighted by Crippen LogP contribution is -2.41. The Bertz CT molecular complexity index is 6660. The molecule has 10 aromatic rings. The molecule has 0 saturated carbocycles. The predicted molar refractivity (Wildman–Crippen MR) is 527 cm³/mol. The maximum atomic E-state index is 13.4. The van der Waals surface area contributed by atoms with Crippen LogP contribution in [-0.2, 0) is 111 Å². The highest BCUT2D eigenvalue weighted by atomic mass is 32.2. The van der Waals surface area contributed by atoms with Crippen molar-refractivity contribution in [2.75, 3.05) is 79.0 Å². The van der Waals surface area contributed by atoms with Gasteiger partial charge in [0.1, 0.15) is 0 Å². The Kier molecular flexibility index (Phi) is 32.3. The highest BCUT2D eigenvalue weighted by molar-refractivity contribution is 7.90. The van der Waals surface area contributed by atoms with E-state index in [0.29, 0.717) is 212 Å². The van der Waals surface area contributed by atoms with Gasteiger partial charge in [-0.25, -0.2) is 8.42 Å². The van der Waals surface area contributed by atoms with Gasteiger partial charge in [0.2, 0.25) is 15.9 Å². The number of nitrogens with one attached hydrogen (secondary N) is 5. The number of alkyl halides is 15. The van der Waals surface area contributed by atoms with E-state index in [1.807, 2.05) is 27.8 Å². The summed E-state index contributed by atoms with van der Waals surface area (Å²) >= 11 is 0. The Morgan fingerprint density at radius 3 is 0.853 bits per heavy atom. The number of H-pyrrole nitrogens is 5. The molecular formula is C107H126F15N19O8S. The minimum absolute atomic E-state index is 0.00430. The van der Waals surface area contributed by atoms with Gasteiger partial charge in [0.15, 0.2) is 28.5 Å². The van der Waals surface area contributed by atoms with Crippen LogP contribution in [0.15, 0.2) is 121 Å². The zero-order chi connectivity index (χ0) is 108. The number of hydrogen-bond donors (Lipinski definition) is 5. The average Bonchev–Trinajstić information content (AvgIpc) is 1.59. The number of nitrogens with zero attached hydrogens (tertiary/aromatic N) is 14. The smallest absolute Gasteiger partial charge is 0.337 e. The molecule has 0 spiro atoms.